The third-order valence-corrected chi connectivity index (χ3v) is 6.44. The van der Waals surface area contributed by atoms with Crippen molar-refractivity contribution in [3.63, 3.8) is 0 Å². The first-order valence-electron chi connectivity index (χ1n) is 15.4. The first-order valence-corrected chi connectivity index (χ1v) is 15.4. The molecule has 0 unspecified atom stereocenters. The van der Waals surface area contributed by atoms with Crippen LogP contribution < -0.4 is 0 Å². The molecule has 0 spiro atoms. The van der Waals surface area contributed by atoms with Crippen LogP contribution in [0.4, 0.5) is 22.0 Å². The standard InChI is InChI=1S/C8H10.C7H6F2.3C7H7F.C7H8.CH4/c1-7-5-3-4-6-8(7)2;1-5-2-6(8)4-7(9)3-5;1-6-2-4-7(8)5-3-6;1-6-3-2-4-7(8)5-6;1-6-4-2-3-5-7(6)8;1-7-5-3-2-4-6-7;/h3-6H,1-2H3;2-4H,1H3;3*2-5H,1H3;2-6H,1H3;1H4. The Kier molecular flexibility index (Phi) is 22.5. The Bertz CT molecular complexity index is 1560. The fraction of sp³-hybridized carbons (Fsp3) is 0.182. The summed E-state index contributed by atoms with van der Waals surface area (Å²) < 4.78 is 60.9. The van der Waals surface area contributed by atoms with Gasteiger partial charge >= 0.3 is 0 Å². The lowest BCUT2D eigenvalue weighted by atomic mass is 10.1. The lowest BCUT2D eigenvalue weighted by Gasteiger charge is -1.93. The Morgan fingerprint density at radius 1 is 0.286 bits per heavy atom. The van der Waals surface area contributed by atoms with Gasteiger partial charge in [0.25, 0.3) is 0 Å². The highest BCUT2D eigenvalue weighted by Crippen LogP contribution is 2.06. The second-order valence-corrected chi connectivity index (χ2v) is 11.0. The summed E-state index contributed by atoms with van der Waals surface area (Å²) in [6.07, 6.45) is 0. The minimum absolute atomic E-state index is 0. The molecule has 6 aromatic rings. The summed E-state index contributed by atoms with van der Waals surface area (Å²) in [4.78, 5) is 0. The molecule has 0 bridgehead atoms. The van der Waals surface area contributed by atoms with Gasteiger partial charge in [0.1, 0.15) is 29.1 Å². The maximum atomic E-state index is 12.3. The lowest BCUT2D eigenvalue weighted by Crippen LogP contribution is -1.80. The first kappa shape index (κ1) is 44.0. The van der Waals surface area contributed by atoms with Crippen LogP contribution in [-0.2, 0) is 0 Å². The highest BCUT2D eigenvalue weighted by Gasteiger charge is 1.94. The van der Waals surface area contributed by atoms with E-state index in [1.807, 2.05) is 44.2 Å². The fourth-order valence-corrected chi connectivity index (χ4v) is 3.58. The molecule has 0 aliphatic rings. The van der Waals surface area contributed by atoms with E-state index in [2.05, 4.69) is 57.2 Å². The van der Waals surface area contributed by atoms with Crippen LogP contribution in [0, 0.1) is 77.6 Å². The first-order chi connectivity index (χ1) is 22.8. The fourth-order valence-electron chi connectivity index (χ4n) is 3.58. The molecule has 6 rings (SSSR count). The monoisotopic (exact) mass is 672 g/mol. The third kappa shape index (κ3) is 22.2. The Morgan fingerprint density at radius 3 is 1.00 bits per heavy atom. The zero-order valence-electron chi connectivity index (χ0n) is 28.7. The molecular formula is C44H49F5. The zero-order valence-corrected chi connectivity index (χ0v) is 28.7. The van der Waals surface area contributed by atoms with E-state index in [9.17, 15) is 22.0 Å². The number of aryl methyl sites for hydroxylation is 7. The van der Waals surface area contributed by atoms with Crippen LogP contribution >= 0.6 is 0 Å². The van der Waals surface area contributed by atoms with E-state index < -0.39 is 11.6 Å². The molecule has 0 aromatic heterocycles. The molecule has 0 saturated carbocycles. The molecule has 0 saturated heterocycles. The number of halogens is 5. The SMILES string of the molecule is C.Cc1cc(F)cc(F)c1.Cc1ccc(F)cc1.Cc1cccc(F)c1.Cc1ccccc1.Cc1ccccc1C.Cc1ccccc1F. The maximum absolute atomic E-state index is 12.3. The molecule has 260 valence electrons. The molecule has 0 N–H and O–H groups in total. The van der Waals surface area contributed by atoms with Crippen molar-refractivity contribution in [3.05, 3.63) is 214 Å². The van der Waals surface area contributed by atoms with E-state index in [0.29, 0.717) is 11.1 Å². The molecule has 0 heterocycles. The van der Waals surface area contributed by atoms with Crippen molar-refractivity contribution in [2.24, 2.45) is 0 Å². The molecule has 6 aromatic carbocycles. The molecule has 0 radical (unpaired) electrons. The lowest BCUT2D eigenvalue weighted by molar-refractivity contribution is 0.581. The molecule has 0 fully saturated rings. The topological polar surface area (TPSA) is 0 Å². The van der Waals surface area contributed by atoms with Crippen LogP contribution in [0.5, 0.6) is 0 Å². The van der Waals surface area contributed by atoms with Crippen molar-refractivity contribution in [1.82, 2.24) is 0 Å². The van der Waals surface area contributed by atoms with E-state index in [1.165, 1.54) is 59.2 Å². The second-order valence-electron chi connectivity index (χ2n) is 11.0. The van der Waals surface area contributed by atoms with Crippen LogP contribution in [-0.4, -0.2) is 0 Å². The third-order valence-electron chi connectivity index (χ3n) is 6.44. The van der Waals surface area contributed by atoms with Gasteiger partial charge in [-0.1, -0.05) is 116 Å². The Hall–Kier alpha value is -5.03. The molecule has 5 heteroatoms. The smallest absolute Gasteiger partial charge is 0.126 e. The van der Waals surface area contributed by atoms with Crippen molar-refractivity contribution >= 4 is 0 Å². The maximum Gasteiger partial charge on any atom is 0.126 e. The number of benzene rings is 6. The van der Waals surface area contributed by atoms with Gasteiger partial charge in [0.2, 0.25) is 0 Å². The Morgan fingerprint density at radius 2 is 0.694 bits per heavy atom. The van der Waals surface area contributed by atoms with Gasteiger partial charge in [0.15, 0.2) is 0 Å². The summed E-state index contributed by atoms with van der Waals surface area (Å²) in [5, 5.41) is 0. The van der Waals surface area contributed by atoms with E-state index in [1.54, 1.807) is 44.2 Å². The van der Waals surface area contributed by atoms with E-state index in [-0.39, 0.29) is 24.9 Å². The van der Waals surface area contributed by atoms with Crippen LogP contribution in [0.15, 0.2) is 146 Å². The van der Waals surface area contributed by atoms with Crippen molar-refractivity contribution in [2.75, 3.05) is 0 Å². The van der Waals surface area contributed by atoms with E-state index >= 15 is 0 Å². The van der Waals surface area contributed by atoms with Crippen molar-refractivity contribution in [3.8, 4) is 0 Å². The summed E-state index contributed by atoms with van der Waals surface area (Å²) >= 11 is 0. The predicted molar refractivity (Wildman–Crippen MR) is 198 cm³/mol. The number of rotatable bonds is 0. The normalized spacial score (nSPS) is 9.06. The minimum Gasteiger partial charge on any atom is -0.207 e. The highest BCUT2D eigenvalue weighted by molar-refractivity contribution is 5.23. The largest absolute Gasteiger partial charge is 0.207 e. The minimum atomic E-state index is -0.521. The van der Waals surface area contributed by atoms with Crippen LogP contribution in [0.1, 0.15) is 46.4 Å². The van der Waals surface area contributed by atoms with Gasteiger partial charge in [-0.25, -0.2) is 22.0 Å². The highest BCUT2D eigenvalue weighted by atomic mass is 19.1. The second kappa shape index (κ2) is 25.0. The molecule has 0 atom stereocenters. The van der Waals surface area contributed by atoms with Gasteiger partial charge in [0, 0.05) is 6.07 Å². The average Bonchev–Trinajstić information content (AvgIpc) is 3.03. The van der Waals surface area contributed by atoms with Gasteiger partial charge in [-0.05, 0) is 119 Å². The van der Waals surface area contributed by atoms with Crippen molar-refractivity contribution in [2.45, 2.75) is 55.9 Å². The number of hydrogen-bond acceptors (Lipinski definition) is 0. The molecule has 0 aliphatic carbocycles. The van der Waals surface area contributed by atoms with Gasteiger partial charge < -0.3 is 0 Å². The summed E-state index contributed by atoms with van der Waals surface area (Å²) in [5.41, 5.74) is 7.42. The van der Waals surface area contributed by atoms with Crippen molar-refractivity contribution in [1.29, 1.82) is 0 Å². The predicted octanol–water partition coefficient (Wildman–Crippen LogP) is 13.6. The molecule has 49 heavy (non-hydrogen) atoms. The van der Waals surface area contributed by atoms with Crippen LogP contribution in [0.2, 0.25) is 0 Å². The zero-order chi connectivity index (χ0) is 35.9. The van der Waals surface area contributed by atoms with E-state index in [0.717, 1.165) is 17.2 Å². The van der Waals surface area contributed by atoms with Gasteiger partial charge in [-0.3, -0.25) is 0 Å². The average molecular weight is 673 g/mol. The van der Waals surface area contributed by atoms with Crippen LogP contribution in [0.25, 0.3) is 0 Å². The molecular weight excluding hydrogens is 623 g/mol. The van der Waals surface area contributed by atoms with Gasteiger partial charge in [0.05, 0.1) is 0 Å². The van der Waals surface area contributed by atoms with Crippen LogP contribution in [0.3, 0.4) is 0 Å². The molecule has 0 nitrogen and oxygen atoms in total. The summed E-state index contributed by atoms with van der Waals surface area (Å²) in [5.74, 6) is -1.51. The Balaban J connectivity index is 0.000000563. The summed E-state index contributed by atoms with van der Waals surface area (Å²) in [6.45, 7) is 13.5. The van der Waals surface area contributed by atoms with E-state index in [4.69, 9.17) is 0 Å². The quantitative estimate of drug-likeness (QED) is 0.141. The summed E-state index contributed by atoms with van der Waals surface area (Å²) in [6, 6.07) is 41.6. The number of hydrogen-bond donors (Lipinski definition) is 0. The summed E-state index contributed by atoms with van der Waals surface area (Å²) in [7, 11) is 0. The van der Waals surface area contributed by atoms with Gasteiger partial charge in [-0.2, -0.15) is 0 Å². The van der Waals surface area contributed by atoms with Crippen molar-refractivity contribution < 1.29 is 22.0 Å². The Labute approximate surface area is 290 Å². The van der Waals surface area contributed by atoms with Gasteiger partial charge in [-0.15, -0.1) is 0 Å². The molecule has 0 amide bonds. The molecule has 0 aliphatic heterocycles.